The first-order chi connectivity index (χ1) is 16.1. The predicted octanol–water partition coefficient (Wildman–Crippen LogP) is 3.57. The number of Topliss-reactive ketones (excluding diaryl/α,β-unsaturated/α-hetero) is 1. The van der Waals surface area contributed by atoms with E-state index in [0.29, 0.717) is 0 Å². The van der Waals surface area contributed by atoms with Crippen LogP contribution in [-0.2, 0) is 9.59 Å². The molecular formula is C23H20F4N2O5. The second-order valence-electron chi connectivity index (χ2n) is 7.39. The molecule has 11 heteroatoms. The number of ketones is 1. The van der Waals surface area contributed by atoms with Gasteiger partial charge in [0, 0.05) is 25.2 Å². The SMILES string of the molecule is CCC(=O)C(=O)N(CCN1C(=O)c2ccccc2C1=O)c1ccc(OCC(F)(F)C(F)F)cc1. The molecule has 0 atom stereocenters. The molecule has 0 aliphatic carbocycles. The molecular weight excluding hydrogens is 460 g/mol. The van der Waals surface area contributed by atoms with E-state index >= 15 is 0 Å². The molecule has 0 saturated carbocycles. The van der Waals surface area contributed by atoms with Crippen LogP contribution in [0.2, 0.25) is 0 Å². The van der Waals surface area contributed by atoms with Crippen molar-refractivity contribution in [2.45, 2.75) is 25.7 Å². The Bertz CT molecular complexity index is 1070. The van der Waals surface area contributed by atoms with E-state index in [-0.39, 0.29) is 42.1 Å². The molecule has 180 valence electrons. The number of halogens is 4. The number of amides is 3. The molecule has 1 aliphatic rings. The van der Waals surface area contributed by atoms with Gasteiger partial charge in [0.2, 0.25) is 5.78 Å². The molecule has 34 heavy (non-hydrogen) atoms. The molecule has 0 radical (unpaired) electrons. The topological polar surface area (TPSA) is 84.0 Å². The number of imide groups is 1. The molecule has 3 amide bonds. The fourth-order valence-electron chi connectivity index (χ4n) is 3.26. The maximum Gasteiger partial charge on any atom is 0.340 e. The molecule has 0 bridgehead atoms. The summed E-state index contributed by atoms with van der Waals surface area (Å²) in [7, 11) is 0. The van der Waals surface area contributed by atoms with Crippen molar-refractivity contribution < 1.29 is 41.5 Å². The standard InChI is InChI=1S/C23H20F4N2O5/c1-2-18(30)21(33)28(11-12-29-19(31)16-5-3-4-6-17(16)20(29)32)14-7-9-15(10-8-14)34-13-23(26,27)22(24)25/h3-10,22H,2,11-13H2,1H3. The quantitative estimate of drug-likeness (QED) is 0.295. The van der Waals surface area contributed by atoms with Crippen molar-refractivity contribution in [2.75, 3.05) is 24.6 Å². The number of carbonyl (C=O) groups is 4. The van der Waals surface area contributed by atoms with Crippen molar-refractivity contribution in [3.8, 4) is 5.75 Å². The highest BCUT2D eigenvalue weighted by atomic mass is 19.3. The molecule has 0 fully saturated rings. The average Bonchev–Trinajstić information content (AvgIpc) is 3.07. The number of anilines is 1. The van der Waals surface area contributed by atoms with Gasteiger partial charge in [-0.1, -0.05) is 19.1 Å². The lowest BCUT2D eigenvalue weighted by Gasteiger charge is -2.25. The van der Waals surface area contributed by atoms with Gasteiger partial charge in [0.1, 0.15) is 5.75 Å². The Kier molecular flexibility index (Phi) is 7.33. The van der Waals surface area contributed by atoms with Crippen LogP contribution in [0.3, 0.4) is 0 Å². The second-order valence-corrected chi connectivity index (χ2v) is 7.39. The van der Waals surface area contributed by atoms with Crippen molar-refractivity contribution in [3.63, 3.8) is 0 Å². The van der Waals surface area contributed by atoms with Crippen LogP contribution in [0.15, 0.2) is 48.5 Å². The fraction of sp³-hybridized carbons (Fsp3) is 0.304. The van der Waals surface area contributed by atoms with Gasteiger partial charge >= 0.3 is 12.3 Å². The van der Waals surface area contributed by atoms with Gasteiger partial charge < -0.3 is 9.64 Å². The summed E-state index contributed by atoms with van der Waals surface area (Å²) in [5.41, 5.74) is 0.630. The number of rotatable bonds is 10. The molecule has 0 saturated heterocycles. The highest BCUT2D eigenvalue weighted by Crippen LogP contribution is 2.27. The Balaban J connectivity index is 1.76. The predicted molar refractivity (Wildman–Crippen MR) is 112 cm³/mol. The zero-order chi connectivity index (χ0) is 25.0. The highest BCUT2D eigenvalue weighted by molar-refractivity contribution is 6.41. The number of hydrogen-bond donors (Lipinski definition) is 0. The Morgan fingerprint density at radius 3 is 2.06 bits per heavy atom. The first-order valence-electron chi connectivity index (χ1n) is 10.3. The summed E-state index contributed by atoms with van der Waals surface area (Å²) >= 11 is 0. The van der Waals surface area contributed by atoms with Crippen LogP contribution in [-0.4, -0.2) is 60.4 Å². The molecule has 1 heterocycles. The molecule has 7 nitrogen and oxygen atoms in total. The second kappa shape index (κ2) is 10.0. The van der Waals surface area contributed by atoms with E-state index in [9.17, 15) is 36.7 Å². The van der Waals surface area contributed by atoms with Gasteiger partial charge in [0.05, 0.1) is 11.1 Å². The highest BCUT2D eigenvalue weighted by Gasteiger charge is 2.41. The van der Waals surface area contributed by atoms with E-state index in [4.69, 9.17) is 4.74 Å². The van der Waals surface area contributed by atoms with Crippen molar-refractivity contribution in [3.05, 3.63) is 59.7 Å². The normalized spacial score (nSPS) is 13.3. The van der Waals surface area contributed by atoms with E-state index in [0.717, 1.165) is 9.80 Å². The minimum Gasteiger partial charge on any atom is -0.487 e. The van der Waals surface area contributed by atoms with Gasteiger partial charge in [-0.3, -0.25) is 24.1 Å². The lowest BCUT2D eigenvalue weighted by atomic mass is 10.1. The summed E-state index contributed by atoms with van der Waals surface area (Å²) in [5.74, 6) is -7.16. The smallest absolute Gasteiger partial charge is 0.340 e. The van der Waals surface area contributed by atoms with Crippen molar-refractivity contribution in [1.29, 1.82) is 0 Å². The summed E-state index contributed by atoms with van der Waals surface area (Å²) in [6, 6.07) is 11.2. The Hall–Kier alpha value is -3.76. The number of ether oxygens (including phenoxy) is 1. The molecule has 2 aromatic rings. The number of carbonyl (C=O) groups excluding carboxylic acids is 4. The Morgan fingerprint density at radius 1 is 1.00 bits per heavy atom. The number of fused-ring (bicyclic) bond motifs is 1. The van der Waals surface area contributed by atoms with Crippen LogP contribution in [0.25, 0.3) is 0 Å². The first-order valence-corrected chi connectivity index (χ1v) is 10.3. The lowest BCUT2D eigenvalue weighted by molar-refractivity contribution is -0.148. The third-order valence-electron chi connectivity index (χ3n) is 5.13. The average molecular weight is 480 g/mol. The third kappa shape index (κ3) is 5.08. The zero-order valence-corrected chi connectivity index (χ0v) is 18.0. The molecule has 2 aromatic carbocycles. The van der Waals surface area contributed by atoms with Crippen LogP contribution >= 0.6 is 0 Å². The van der Waals surface area contributed by atoms with Gasteiger partial charge in [-0.25, -0.2) is 8.78 Å². The van der Waals surface area contributed by atoms with Crippen LogP contribution in [0.1, 0.15) is 34.1 Å². The van der Waals surface area contributed by atoms with Gasteiger partial charge in [0.15, 0.2) is 6.61 Å². The maximum atomic E-state index is 13.1. The number of hydrogen-bond acceptors (Lipinski definition) is 5. The van der Waals surface area contributed by atoms with Crippen molar-refractivity contribution in [2.24, 2.45) is 0 Å². The van der Waals surface area contributed by atoms with Gasteiger partial charge in [0.25, 0.3) is 17.7 Å². The Morgan fingerprint density at radius 2 is 1.56 bits per heavy atom. The van der Waals surface area contributed by atoms with Crippen LogP contribution in [0.4, 0.5) is 23.2 Å². The summed E-state index contributed by atoms with van der Waals surface area (Å²) in [6.45, 7) is -0.461. The number of alkyl halides is 4. The van der Waals surface area contributed by atoms with Crippen molar-refractivity contribution in [1.82, 2.24) is 4.90 Å². The van der Waals surface area contributed by atoms with Gasteiger partial charge in [-0.15, -0.1) is 0 Å². The minimum absolute atomic E-state index is 0.0910. The van der Waals surface area contributed by atoms with Crippen LogP contribution in [0, 0.1) is 0 Å². The largest absolute Gasteiger partial charge is 0.487 e. The molecule has 3 rings (SSSR count). The number of benzene rings is 2. The Labute approximate surface area is 191 Å². The van der Waals surface area contributed by atoms with E-state index in [1.807, 2.05) is 0 Å². The van der Waals surface area contributed by atoms with Crippen LogP contribution in [0.5, 0.6) is 5.75 Å². The third-order valence-corrected chi connectivity index (χ3v) is 5.13. The molecule has 0 spiro atoms. The minimum atomic E-state index is -4.33. The number of nitrogens with zero attached hydrogens (tertiary/aromatic N) is 2. The lowest BCUT2D eigenvalue weighted by Crippen LogP contribution is -2.43. The molecule has 0 unspecified atom stereocenters. The zero-order valence-electron chi connectivity index (χ0n) is 18.0. The fourth-order valence-corrected chi connectivity index (χ4v) is 3.26. The molecule has 1 aliphatic heterocycles. The van der Waals surface area contributed by atoms with E-state index < -0.39 is 42.5 Å². The summed E-state index contributed by atoms with van der Waals surface area (Å²) < 4.78 is 55.4. The first kappa shape index (κ1) is 24.9. The van der Waals surface area contributed by atoms with E-state index in [1.54, 1.807) is 12.1 Å². The maximum absolute atomic E-state index is 13.1. The van der Waals surface area contributed by atoms with Crippen molar-refractivity contribution >= 4 is 29.2 Å². The summed E-state index contributed by atoms with van der Waals surface area (Å²) in [6.07, 6.45) is -3.98. The summed E-state index contributed by atoms with van der Waals surface area (Å²) in [5, 5.41) is 0. The van der Waals surface area contributed by atoms with E-state index in [2.05, 4.69) is 0 Å². The van der Waals surface area contributed by atoms with Crippen LogP contribution < -0.4 is 9.64 Å². The monoisotopic (exact) mass is 480 g/mol. The molecule has 0 N–H and O–H groups in total. The van der Waals surface area contributed by atoms with Gasteiger partial charge in [-0.2, -0.15) is 8.78 Å². The molecule has 0 aromatic heterocycles. The summed E-state index contributed by atoms with van der Waals surface area (Å²) in [4.78, 5) is 51.9. The van der Waals surface area contributed by atoms with E-state index in [1.165, 1.54) is 43.3 Å². The van der Waals surface area contributed by atoms with Gasteiger partial charge in [-0.05, 0) is 36.4 Å².